The Morgan fingerprint density at radius 2 is 0.860 bits per heavy atom. The summed E-state index contributed by atoms with van der Waals surface area (Å²) < 4.78 is 27.2. The molecule has 0 N–H and O–H groups in total. The van der Waals surface area contributed by atoms with Crippen LogP contribution in [0.25, 0.3) is 0 Å². The molecule has 0 radical (unpaired) electrons. The maximum Gasteiger partial charge on any atom is 0.306 e. The smallest absolute Gasteiger partial charge is 0.306 e. The third-order valence-electron chi connectivity index (χ3n) is 7.80. The van der Waals surface area contributed by atoms with Gasteiger partial charge in [-0.1, -0.05) is 142 Å². The molecule has 0 saturated carbocycles. The van der Waals surface area contributed by atoms with Gasteiger partial charge in [-0.3, -0.25) is 9.59 Å². The minimum absolute atomic E-state index is 0.0331. The van der Waals surface area contributed by atoms with Gasteiger partial charge in [0.25, 0.3) is 0 Å². The lowest BCUT2D eigenvalue weighted by molar-refractivity contribution is -0.163. The first kappa shape index (κ1) is 41.8. The Labute approximate surface area is 265 Å². The molecule has 1 atom stereocenters. The molecule has 256 valence electrons. The number of hydrogen-bond acceptors (Lipinski definition) is 7. The van der Waals surface area contributed by atoms with E-state index in [0.29, 0.717) is 39.3 Å². The largest absolute Gasteiger partial charge is 0.462 e. The van der Waals surface area contributed by atoms with Gasteiger partial charge >= 0.3 is 11.9 Å². The zero-order chi connectivity index (χ0) is 31.5. The van der Waals surface area contributed by atoms with Gasteiger partial charge < -0.3 is 23.7 Å². The first-order valence-electron chi connectivity index (χ1n) is 18.1. The molecule has 0 rings (SSSR count). The van der Waals surface area contributed by atoms with Crippen LogP contribution in [0.15, 0.2) is 0 Å². The predicted octanol–water partition coefficient (Wildman–Crippen LogP) is 9.52. The molecular formula is C36H70O7. The van der Waals surface area contributed by atoms with E-state index in [2.05, 4.69) is 13.8 Å². The highest BCUT2D eigenvalue weighted by Crippen LogP contribution is 2.14. The average Bonchev–Trinajstić information content (AvgIpc) is 3.00. The van der Waals surface area contributed by atoms with Gasteiger partial charge in [-0.25, -0.2) is 0 Å². The molecule has 0 bridgehead atoms. The highest BCUT2D eigenvalue weighted by Gasteiger charge is 2.17. The molecule has 0 spiro atoms. The van der Waals surface area contributed by atoms with Gasteiger partial charge in [-0.2, -0.15) is 0 Å². The van der Waals surface area contributed by atoms with Crippen LogP contribution in [0.5, 0.6) is 0 Å². The first-order valence-corrected chi connectivity index (χ1v) is 18.1. The topological polar surface area (TPSA) is 80.3 Å². The number of esters is 2. The predicted molar refractivity (Wildman–Crippen MR) is 177 cm³/mol. The molecule has 0 amide bonds. The molecule has 0 aromatic rings. The monoisotopic (exact) mass is 615 g/mol. The minimum atomic E-state index is -0.597. The van der Waals surface area contributed by atoms with Crippen LogP contribution < -0.4 is 0 Å². The normalized spacial score (nSPS) is 12.0. The van der Waals surface area contributed by atoms with Crippen molar-refractivity contribution < 1.29 is 33.3 Å². The van der Waals surface area contributed by atoms with Crippen LogP contribution in [0, 0.1) is 0 Å². The van der Waals surface area contributed by atoms with Gasteiger partial charge in [0.1, 0.15) is 6.61 Å². The van der Waals surface area contributed by atoms with Crippen molar-refractivity contribution in [1.82, 2.24) is 0 Å². The Kier molecular flexibility index (Phi) is 34.3. The fraction of sp³-hybridized carbons (Fsp3) is 0.944. The summed E-state index contributed by atoms with van der Waals surface area (Å²) >= 11 is 0. The SMILES string of the molecule is CCCCCCCCCCCCCC(=O)OCC(COCCOCCOC)OC(=O)CCCCCCCCCCCCC. The Balaban J connectivity index is 4.10. The standard InChI is InChI=1S/C36H70O7/c1-4-6-8-10-12-14-16-18-20-22-24-26-35(37)42-33-34(32-41-31-30-40-29-28-39-3)43-36(38)27-25-23-21-19-17-15-13-11-9-7-5-2/h34H,4-33H2,1-3H3. The first-order chi connectivity index (χ1) is 21.1. The second-order valence-electron chi connectivity index (χ2n) is 12.0. The van der Waals surface area contributed by atoms with Crippen molar-refractivity contribution in [2.75, 3.05) is 46.8 Å². The van der Waals surface area contributed by atoms with E-state index in [1.54, 1.807) is 7.11 Å². The molecule has 0 saturated heterocycles. The Hall–Kier alpha value is -1.18. The molecule has 0 aliphatic heterocycles. The van der Waals surface area contributed by atoms with Crippen molar-refractivity contribution >= 4 is 11.9 Å². The van der Waals surface area contributed by atoms with E-state index in [1.165, 1.54) is 109 Å². The highest BCUT2D eigenvalue weighted by molar-refractivity contribution is 5.70. The van der Waals surface area contributed by atoms with Gasteiger partial charge in [0.05, 0.1) is 33.0 Å². The lowest BCUT2D eigenvalue weighted by atomic mass is 10.1. The molecule has 0 aromatic heterocycles. The van der Waals surface area contributed by atoms with Gasteiger partial charge in [0.15, 0.2) is 6.10 Å². The van der Waals surface area contributed by atoms with Crippen molar-refractivity contribution in [3.05, 3.63) is 0 Å². The number of carbonyl (C=O) groups excluding carboxylic acids is 2. The zero-order valence-corrected chi connectivity index (χ0v) is 28.6. The number of ether oxygens (including phenoxy) is 5. The summed E-state index contributed by atoms with van der Waals surface area (Å²) in [5, 5.41) is 0. The second-order valence-corrected chi connectivity index (χ2v) is 12.0. The molecule has 0 aliphatic carbocycles. The fourth-order valence-corrected chi connectivity index (χ4v) is 5.06. The molecule has 7 nitrogen and oxygen atoms in total. The molecule has 7 heteroatoms. The summed E-state index contributed by atoms with van der Waals surface area (Å²) in [6.07, 6.45) is 27.5. The average molecular weight is 615 g/mol. The van der Waals surface area contributed by atoms with E-state index in [1.807, 2.05) is 0 Å². The molecule has 0 aromatic carbocycles. The number of carbonyl (C=O) groups is 2. The van der Waals surface area contributed by atoms with Crippen molar-refractivity contribution in [3.63, 3.8) is 0 Å². The lowest BCUT2D eigenvalue weighted by Crippen LogP contribution is -2.30. The van der Waals surface area contributed by atoms with Crippen LogP contribution in [0.3, 0.4) is 0 Å². The maximum absolute atomic E-state index is 12.5. The van der Waals surface area contributed by atoms with Gasteiger partial charge in [0.2, 0.25) is 0 Å². The highest BCUT2D eigenvalue weighted by atomic mass is 16.6. The van der Waals surface area contributed by atoms with Crippen molar-refractivity contribution in [2.45, 2.75) is 174 Å². The molecule has 1 unspecified atom stereocenters. The van der Waals surface area contributed by atoms with E-state index in [9.17, 15) is 9.59 Å². The quantitative estimate of drug-likeness (QED) is 0.0519. The third kappa shape index (κ3) is 33.5. The fourth-order valence-electron chi connectivity index (χ4n) is 5.06. The van der Waals surface area contributed by atoms with Crippen molar-refractivity contribution in [2.24, 2.45) is 0 Å². The summed E-state index contributed by atoms with van der Waals surface area (Å²) in [5.41, 5.74) is 0. The number of unbranched alkanes of at least 4 members (excludes halogenated alkanes) is 20. The summed E-state index contributed by atoms with van der Waals surface area (Å²) in [6.45, 7) is 6.57. The summed E-state index contributed by atoms with van der Waals surface area (Å²) in [6, 6.07) is 0. The number of rotatable bonds is 35. The van der Waals surface area contributed by atoms with Gasteiger partial charge in [-0.15, -0.1) is 0 Å². The van der Waals surface area contributed by atoms with Crippen molar-refractivity contribution in [3.8, 4) is 0 Å². The van der Waals surface area contributed by atoms with Crippen molar-refractivity contribution in [1.29, 1.82) is 0 Å². The molecule has 0 aliphatic rings. The van der Waals surface area contributed by atoms with Crippen LogP contribution >= 0.6 is 0 Å². The Morgan fingerprint density at radius 1 is 0.465 bits per heavy atom. The van der Waals surface area contributed by atoms with E-state index in [0.717, 1.165) is 32.1 Å². The Bertz CT molecular complexity index is 584. The molecule has 43 heavy (non-hydrogen) atoms. The van der Waals surface area contributed by atoms with E-state index in [-0.39, 0.29) is 25.2 Å². The molecule has 0 fully saturated rings. The van der Waals surface area contributed by atoms with Gasteiger partial charge in [-0.05, 0) is 12.8 Å². The zero-order valence-electron chi connectivity index (χ0n) is 28.6. The van der Waals surface area contributed by atoms with Gasteiger partial charge in [0, 0.05) is 20.0 Å². The number of hydrogen-bond donors (Lipinski definition) is 0. The summed E-state index contributed by atoms with van der Waals surface area (Å²) in [7, 11) is 1.63. The minimum Gasteiger partial charge on any atom is -0.462 e. The van der Waals surface area contributed by atoms with Crippen LogP contribution in [0.4, 0.5) is 0 Å². The van der Waals surface area contributed by atoms with E-state index < -0.39 is 6.10 Å². The van der Waals surface area contributed by atoms with E-state index >= 15 is 0 Å². The number of methoxy groups -OCH3 is 1. The van der Waals surface area contributed by atoms with Crippen LogP contribution in [-0.4, -0.2) is 64.8 Å². The molecular weight excluding hydrogens is 544 g/mol. The Morgan fingerprint density at radius 3 is 1.33 bits per heavy atom. The summed E-state index contributed by atoms with van der Waals surface area (Å²) in [5.74, 6) is -0.479. The van der Waals surface area contributed by atoms with Crippen LogP contribution in [-0.2, 0) is 33.3 Å². The third-order valence-corrected chi connectivity index (χ3v) is 7.80. The molecule has 0 heterocycles. The van der Waals surface area contributed by atoms with Crippen LogP contribution in [0.2, 0.25) is 0 Å². The lowest BCUT2D eigenvalue weighted by Gasteiger charge is -2.18. The maximum atomic E-state index is 12.5. The second kappa shape index (κ2) is 35.3. The van der Waals surface area contributed by atoms with E-state index in [4.69, 9.17) is 23.7 Å². The van der Waals surface area contributed by atoms with Crippen LogP contribution in [0.1, 0.15) is 168 Å². The summed E-state index contributed by atoms with van der Waals surface area (Å²) in [4.78, 5) is 24.8.